The Balaban J connectivity index is 2.61. The van der Waals surface area contributed by atoms with Gasteiger partial charge in [0.15, 0.2) is 0 Å². The molecule has 1 heterocycles. The third-order valence-corrected chi connectivity index (χ3v) is 2.12. The fourth-order valence-corrected chi connectivity index (χ4v) is 1.38. The van der Waals surface area contributed by atoms with E-state index in [1.807, 2.05) is 0 Å². The molecule has 6 heteroatoms. The summed E-state index contributed by atoms with van der Waals surface area (Å²) in [6.07, 6.45) is -2.24. The van der Waals surface area contributed by atoms with E-state index in [2.05, 4.69) is 10.0 Å². The fourth-order valence-electron chi connectivity index (χ4n) is 1.38. The van der Waals surface area contributed by atoms with Crippen molar-refractivity contribution >= 4 is 0 Å². The van der Waals surface area contributed by atoms with Crippen LogP contribution in [0.4, 0.5) is 0 Å². The van der Waals surface area contributed by atoms with Crippen molar-refractivity contribution in [2.45, 2.75) is 18.3 Å². The molecule has 1 aliphatic rings. The van der Waals surface area contributed by atoms with Crippen LogP contribution in [0.1, 0.15) is 0 Å². The summed E-state index contributed by atoms with van der Waals surface area (Å²) in [4.78, 5) is 2.56. The number of azide groups is 1. The van der Waals surface area contributed by atoms with E-state index in [-0.39, 0.29) is 13.2 Å². The minimum Gasteiger partial charge on any atom is -0.394 e. The van der Waals surface area contributed by atoms with Gasteiger partial charge in [0.2, 0.25) is 0 Å². The second-order valence-corrected chi connectivity index (χ2v) is 2.89. The normalized spacial score (nSPS) is 38.7. The summed E-state index contributed by atoms with van der Waals surface area (Å²) in [5, 5.41) is 21.6. The predicted molar refractivity (Wildman–Crippen MR) is 43.6 cm³/mol. The lowest BCUT2D eigenvalue weighted by Crippen LogP contribution is -2.30. The molecule has 0 aromatic rings. The SMILES string of the molecule is [CH][C@@H]1O[C@H](CO)[C@H](CN=[N+]=[N-])C1O. The molecule has 0 bridgehead atoms. The monoisotopic (exact) mass is 185 g/mol. The fraction of sp³-hybridized carbons (Fsp3) is 0.857. The lowest BCUT2D eigenvalue weighted by Gasteiger charge is -2.15. The van der Waals surface area contributed by atoms with Gasteiger partial charge in [-0.05, 0) is 12.5 Å². The zero-order valence-corrected chi connectivity index (χ0v) is 6.95. The van der Waals surface area contributed by atoms with Crippen LogP contribution >= 0.6 is 0 Å². The highest BCUT2D eigenvalue weighted by atomic mass is 16.5. The number of ether oxygens (including phenoxy) is 1. The van der Waals surface area contributed by atoms with Crippen LogP contribution in [0.3, 0.4) is 0 Å². The van der Waals surface area contributed by atoms with E-state index in [1.54, 1.807) is 0 Å². The minimum absolute atomic E-state index is 0.0800. The average Bonchev–Trinajstić information content (AvgIpc) is 2.40. The Hall–Kier alpha value is -0.810. The Morgan fingerprint density at radius 2 is 2.31 bits per heavy atom. The molecular weight excluding hydrogens is 174 g/mol. The smallest absolute Gasteiger partial charge is 0.0878 e. The molecule has 0 aromatic heterocycles. The molecule has 1 rings (SSSR count). The van der Waals surface area contributed by atoms with Gasteiger partial charge in [-0.25, -0.2) is 0 Å². The molecule has 0 amide bonds. The van der Waals surface area contributed by atoms with Crippen molar-refractivity contribution in [3.8, 4) is 0 Å². The van der Waals surface area contributed by atoms with Gasteiger partial charge < -0.3 is 14.9 Å². The molecule has 6 nitrogen and oxygen atoms in total. The summed E-state index contributed by atoms with van der Waals surface area (Å²) in [6, 6.07) is 0. The van der Waals surface area contributed by atoms with Crippen molar-refractivity contribution in [2.75, 3.05) is 13.2 Å². The molecule has 0 aromatic carbocycles. The molecular formula is C7H11N3O3. The van der Waals surface area contributed by atoms with Crippen LogP contribution in [-0.4, -0.2) is 41.7 Å². The molecule has 4 atom stereocenters. The van der Waals surface area contributed by atoms with Gasteiger partial charge in [-0.2, -0.15) is 0 Å². The first-order chi connectivity index (χ1) is 6.20. The zero-order chi connectivity index (χ0) is 9.84. The zero-order valence-electron chi connectivity index (χ0n) is 6.95. The predicted octanol–water partition coefficient (Wildman–Crippen LogP) is -0.255. The van der Waals surface area contributed by atoms with E-state index in [4.69, 9.17) is 22.3 Å². The highest BCUT2D eigenvalue weighted by molar-refractivity contribution is 4.92. The first-order valence-electron chi connectivity index (χ1n) is 3.91. The Morgan fingerprint density at radius 3 is 2.85 bits per heavy atom. The summed E-state index contributed by atoms with van der Waals surface area (Å²) in [5.41, 5.74) is 8.08. The van der Waals surface area contributed by atoms with E-state index >= 15 is 0 Å². The molecule has 0 saturated carbocycles. The summed E-state index contributed by atoms with van der Waals surface area (Å²) in [6.45, 7) is 5.23. The molecule has 13 heavy (non-hydrogen) atoms. The van der Waals surface area contributed by atoms with Gasteiger partial charge in [-0.1, -0.05) is 5.11 Å². The number of hydrogen-bond donors (Lipinski definition) is 2. The van der Waals surface area contributed by atoms with Crippen molar-refractivity contribution in [3.63, 3.8) is 0 Å². The number of nitrogens with zero attached hydrogens (tertiary/aromatic N) is 3. The summed E-state index contributed by atoms with van der Waals surface area (Å²) in [5.74, 6) is -0.420. The van der Waals surface area contributed by atoms with E-state index in [1.165, 1.54) is 0 Å². The van der Waals surface area contributed by atoms with E-state index < -0.39 is 24.2 Å². The Kier molecular flexibility index (Phi) is 3.50. The second kappa shape index (κ2) is 4.43. The van der Waals surface area contributed by atoms with Gasteiger partial charge >= 0.3 is 0 Å². The standard InChI is InChI=1S/C7H11N3O3/c1-4-7(12)5(2-9-10-8)6(3-11)13-4/h1,4-7,11-12H,2-3H2/t4-,5-,6+,7?/m0/s1. The van der Waals surface area contributed by atoms with Gasteiger partial charge in [0.05, 0.1) is 24.9 Å². The van der Waals surface area contributed by atoms with Crippen LogP contribution in [0.2, 0.25) is 0 Å². The summed E-state index contributed by atoms with van der Waals surface area (Å²) < 4.78 is 5.03. The van der Waals surface area contributed by atoms with Crippen LogP contribution in [0.25, 0.3) is 10.4 Å². The topological polar surface area (TPSA) is 98.5 Å². The number of rotatable bonds is 3. The molecule has 72 valence electrons. The Labute approximate surface area is 75.8 Å². The van der Waals surface area contributed by atoms with Gasteiger partial charge in [0.1, 0.15) is 0 Å². The Morgan fingerprint density at radius 1 is 1.62 bits per heavy atom. The largest absolute Gasteiger partial charge is 0.394 e. The van der Waals surface area contributed by atoms with Crippen molar-refractivity contribution in [1.29, 1.82) is 0 Å². The van der Waals surface area contributed by atoms with E-state index in [0.717, 1.165) is 0 Å². The third-order valence-electron chi connectivity index (χ3n) is 2.12. The maximum atomic E-state index is 9.44. The van der Waals surface area contributed by atoms with Crippen molar-refractivity contribution in [1.82, 2.24) is 0 Å². The van der Waals surface area contributed by atoms with Crippen molar-refractivity contribution in [3.05, 3.63) is 17.4 Å². The lowest BCUT2D eigenvalue weighted by molar-refractivity contribution is 0.00972. The first-order valence-corrected chi connectivity index (χ1v) is 3.91. The highest BCUT2D eigenvalue weighted by Gasteiger charge is 2.40. The van der Waals surface area contributed by atoms with Crippen LogP contribution in [-0.2, 0) is 4.74 Å². The molecule has 1 unspecified atom stereocenters. The maximum absolute atomic E-state index is 9.44. The number of aliphatic hydroxyl groups excluding tert-OH is 2. The number of hydrogen-bond acceptors (Lipinski definition) is 4. The second-order valence-electron chi connectivity index (χ2n) is 2.89. The van der Waals surface area contributed by atoms with Gasteiger partial charge in [-0.3, -0.25) is 0 Å². The van der Waals surface area contributed by atoms with Crippen molar-refractivity contribution in [2.24, 2.45) is 11.0 Å². The van der Waals surface area contributed by atoms with Crippen LogP contribution in [0.5, 0.6) is 0 Å². The third kappa shape index (κ3) is 2.10. The number of aliphatic hydroxyl groups is 2. The van der Waals surface area contributed by atoms with E-state index in [0.29, 0.717) is 0 Å². The minimum atomic E-state index is -0.886. The highest BCUT2D eigenvalue weighted by Crippen LogP contribution is 2.26. The molecule has 2 radical (unpaired) electrons. The molecule has 1 fully saturated rings. The first kappa shape index (κ1) is 10.3. The molecule has 2 N–H and O–H groups in total. The average molecular weight is 185 g/mol. The van der Waals surface area contributed by atoms with Crippen molar-refractivity contribution < 1.29 is 14.9 Å². The molecule has 0 aliphatic carbocycles. The van der Waals surface area contributed by atoms with E-state index in [9.17, 15) is 5.11 Å². The lowest BCUT2D eigenvalue weighted by atomic mass is 9.97. The quantitative estimate of drug-likeness (QED) is 0.360. The van der Waals surface area contributed by atoms with Gasteiger partial charge in [0.25, 0.3) is 0 Å². The Bertz CT molecular complexity index is 217. The van der Waals surface area contributed by atoms with Crippen LogP contribution in [0.15, 0.2) is 5.11 Å². The summed E-state index contributed by atoms with van der Waals surface area (Å²) in [7, 11) is 0. The van der Waals surface area contributed by atoms with Crippen LogP contribution in [0, 0.1) is 12.8 Å². The molecule has 1 saturated heterocycles. The summed E-state index contributed by atoms with van der Waals surface area (Å²) >= 11 is 0. The molecule has 0 spiro atoms. The van der Waals surface area contributed by atoms with Gasteiger partial charge in [-0.15, -0.1) is 0 Å². The molecule has 1 aliphatic heterocycles. The maximum Gasteiger partial charge on any atom is 0.0878 e. The van der Waals surface area contributed by atoms with Gasteiger partial charge in [0, 0.05) is 17.4 Å². The van der Waals surface area contributed by atoms with Crippen LogP contribution < -0.4 is 0 Å².